The van der Waals surface area contributed by atoms with Crippen LogP contribution in [0.5, 0.6) is 5.75 Å². The van der Waals surface area contributed by atoms with Gasteiger partial charge in [0, 0.05) is 5.69 Å². The molecule has 0 radical (unpaired) electrons. The summed E-state index contributed by atoms with van der Waals surface area (Å²) in [4.78, 5) is 23.1. The minimum atomic E-state index is -0.518. The maximum atomic E-state index is 11.6. The molecule has 2 amide bonds. The van der Waals surface area contributed by atoms with Gasteiger partial charge in [-0.2, -0.15) is 0 Å². The summed E-state index contributed by atoms with van der Waals surface area (Å²) in [6.45, 7) is 2.13. The molecule has 104 valence electrons. The first-order valence-corrected chi connectivity index (χ1v) is 6.16. The van der Waals surface area contributed by atoms with E-state index >= 15 is 0 Å². The van der Waals surface area contributed by atoms with Gasteiger partial charge < -0.3 is 15.4 Å². The quantitative estimate of drug-likeness (QED) is 0.553. The molecule has 2 rings (SSSR count). The van der Waals surface area contributed by atoms with Gasteiger partial charge >= 0.3 is 0 Å². The highest BCUT2D eigenvalue weighted by molar-refractivity contribution is 5.99. The number of hydrogen-bond acceptors (Lipinski definition) is 4. The number of carbonyl (C=O) groups excluding carboxylic acids is 2. The number of anilines is 2. The molecule has 0 saturated carbocycles. The Hall–Kier alpha value is -2.52. The van der Waals surface area contributed by atoms with Crippen LogP contribution in [0.15, 0.2) is 18.2 Å². The highest BCUT2D eigenvalue weighted by Crippen LogP contribution is 2.31. The van der Waals surface area contributed by atoms with E-state index in [0.29, 0.717) is 23.7 Å². The molecule has 0 spiro atoms. The molecular formula is C14H15N3O3. The monoisotopic (exact) mass is 273 g/mol. The van der Waals surface area contributed by atoms with Gasteiger partial charge in [-0.3, -0.25) is 14.9 Å². The van der Waals surface area contributed by atoms with Crippen molar-refractivity contribution < 1.29 is 14.3 Å². The second-order valence-corrected chi connectivity index (χ2v) is 4.32. The van der Waals surface area contributed by atoms with Gasteiger partial charge in [0.05, 0.1) is 18.8 Å². The summed E-state index contributed by atoms with van der Waals surface area (Å²) in [6, 6.07) is 5.07. The number of nitrogens with one attached hydrogen (secondary N) is 3. The Kier molecular flexibility index (Phi) is 4.23. The van der Waals surface area contributed by atoms with Crippen LogP contribution in [-0.4, -0.2) is 31.0 Å². The van der Waals surface area contributed by atoms with Crippen molar-refractivity contribution in [1.29, 1.82) is 0 Å². The molecule has 1 unspecified atom stereocenters. The molecule has 1 heterocycles. The normalized spacial score (nSPS) is 16.4. The Balaban J connectivity index is 2.01. The van der Waals surface area contributed by atoms with Gasteiger partial charge in [0.1, 0.15) is 5.75 Å². The van der Waals surface area contributed by atoms with E-state index in [1.54, 1.807) is 25.1 Å². The number of carbonyl (C=O) groups is 2. The van der Waals surface area contributed by atoms with Crippen LogP contribution < -0.4 is 20.7 Å². The summed E-state index contributed by atoms with van der Waals surface area (Å²) in [6.07, 6.45) is 4.55. The van der Waals surface area contributed by atoms with E-state index in [4.69, 9.17) is 11.2 Å². The molecule has 0 aromatic heterocycles. The maximum absolute atomic E-state index is 11.6. The Morgan fingerprint density at radius 2 is 2.35 bits per heavy atom. The Labute approximate surface area is 116 Å². The minimum absolute atomic E-state index is 0.126. The molecule has 0 aliphatic carbocycles. The lowest BCUT2D eigenvalue weighted by molar-refractivity contribution is -0.122. The number of terminal acetylenes is 1. The van der Waals surface area contributed by atoms with E-state index < -0.39 is 6.10 Å². The fraction of sp³-hybridized carbons (Fsp3) is 0.286. The van der Waals surface area contributed by atoms with Gasteiger partial charge in [0.25, 0.3) is 5.91 Å². The smallest absolute Gasteiger partial charge is 0.265 e. The van der Waals surface area contributed by atoms with Gasteiger partial charge in [-0.15, -0.1) is 6.42 Å². The Bertz CT molecular complexity index is 578. The maximum Gasteiger partial charge on any atom is 0.265 e. The molecule has 6 nitrogen and oxygen atoms in total. The zero-order valence-corrected chi connectivity index (χ0v) is 11.0. The summed E-state index contributed by atoms with van der Waals surface area (Å²) >= 11 is 0. The summed E-state index contributed by atoms with van der Waals surface area (Å²) in [7, 11) is 0. The van der Waals surface area contributed by atoms with Crippen LogP contribution in [0.2, 0.25) is 0 Å². The van der Waals surface area contributed by atoms with Gasteiger partial charge in [-0.25, -0.2) is 0 Å². The van der Waals surface area contributed by atoms with Crippen molar-refractivity contribution in [2.24, 2.45) is 0 Å². The topological polar surface area (TPSA) is 79.5 Å². The van der Waals surface area contributed by atoms with Crippen LogP contribution in [0.4, 0.5) is 11.4 Å². The van der Waals surface area contributed by atoms with Gasteiger partial charge in [0.15, 0.2) is 6.10 Å². The van der Waals surface area contributed by atoms with Crippen molar-refractivity contribution >= 4 is 23.2 Å². The minimum Gasteiger partial charge on any atom is -0.479 e. The largest absolute Gasteiger partial charge is 0.479 e. The molecule has 1 aliphatic rings. The molecule has 0 saturated heterocycles. The van der Waals surface area contributed by atoms with Gasteiger partial charge in [-0.05, 0) is 25.1 Å². The van der Waals surface area contributed by atoms with Crippen molar-refractivity contribution in [2.75, 3.05) is 23.7 Å². The lowest BCUT2D eigenvalue weighted by Crippen LogP contribution is -2.34. The molecule has 20 heavy (non-hydrogen) atoms. The molecular weight excluding hydrogens is 258 g/mol. The average molecular weight is 273 g/mol. The summed E-state index contributed by atoms with van der Waals surface area (Å²) in [5.41, 5.74) is 1.12. The predicted molar refractivity (Wildman–Crippen MR) is 75.5 cm³/mol. The fourth-order valence-electron chi connectivity index (χ4n) is 1.74. The van der Waals surface area contributed by atoms with Crippen LogP contribution in [0.3, 0.4) is 0 Å². The fourth-order valence-corrected chi connectivity index (χ4v) is 1.74. The Morgan fingerprint density at radius 1 is 1.55 bits per heavy atom. The van der Waals surface area contributed by atoms with Crippen molar-refractivity contribution in [3.05, 3.63) is 18.2 Å². The van der Waals surface area contributed by atoms with Crippen molar-refractivity contribution in [3.8, 4) is 18.1 Å². The summed E-state index contributed by atoms with van der Waals surface area (Å²) in [5, 5.41) is 8.21. The number of amides is 2. The second kappa shape index (κ2) is 6.08. The SMILES string of the molecule is C#CCNCC(=O)Nc1ccc2c(c1)NC(=O)C(C)O2. The lowest BCUT2D eigenvalue weighted by Gasteiger charge is -2.23. The van der Waals surface area contributed by atoms with Crippen LogP contribution in [-0.2, 0) is 9.59 Å². The van der Waals surface area contributed by atoms with Crippen molar-refractivity contribution in [3.63, 3.8) is 0 Å². The third-order valence-corrected chi connectivity index (χ3v) is 2.71. The molecule has 0 fully saturated rings. The lowest BCUT2D eigenvalue weighted by atomic mass is 10.2. The molecule has 0 bridgehead atoms. The number of ether oxygens (including phenoxy) is 1. The second-order valence-electron chi connectivity index (χ2n) is 4.32. The van der Waals surface area contributed by atoms with Gasteiger partial charge in [-0.1, -0.05) is 5.92 Å². The van der Waals surface area contributed by atoms with Crippen LogP contribution in [0.25, 0.3) is 0 Å². The number of rotatable bonds is 4. The highest BCUT2D eigenvalue weighted by Gasteiger charge is 2.23. The van der Waals surface area contributed by atoms with E-state index in [1.165, 1.54) is 0 Å². The predicted octanol–water partition coefficient (Wildman–Crippen LogP) is 0.567. The molecule has 3 N–H and O–H groups in total. The van der Waals surface area contributed by atoms with Gasteiger partial charge in [0.2, 0.25) is 5.91 Å². The molecule has 1 aromatic rings. The van der Waals surface area contributed by atoms with E-state index in [0.717, 1.165) is 0 Å². The number of hydrogen-bond donors (Lipinski definition) is 3. The van der Waals surface area contributed by atoms with Crippen LogP contribution >= 0.6 is 0 Å². The van der Waals surface area contributed by atoms with Crippen LogP contribution in [0.1, 0.15) is 6.92 Å². The average Bonchev–Trinajstić information content (AvgIpc) is 2.41. The number of fused-ring (bicyclic) bond motifs is 1. The first kappa shape index (κ1) is 13.9. The van der Waals surface area contributed by atoms with E-state index in [2.05, 4.69) is 21.9 Å². The van der Waals surface area contributed by atoms with E-state index in [1.807, 2.05) is 0 Å². The van der Waals surface area contributed by atoms with Crippen LogP contribution in [0, 0.1) is 12.3 Å². The third kappa shape index (κ3) is 3.28. The van der Waals surface area contributed by atoms with E-state index in [9.17, 15) is 9.59 Å². The van der Waals surface area contributed by atoms with Crippen molar-refractivity contribution in [2.45, 2.75) is 13.0 Å². The number of benzene rings is 1. The first-order chi connectivity index (χ1) is 9.60. The molecule has 1 aromatic carbocycles. The zero-order valence-electron chi connectivity index (χ0n) is 11.0. The highest BCUT2D eigenvalue weighted by atomic mass is 16.5. The molecule has 6 heteroatoms. The van der Waals surface area contributed by atoms with Crippen molar-refractivity contribution in [1.82, 2.24) is 5.32 Å². The molecule has 1 atom stereocenters. The summed E-state index contributed by atoms with van der Waals surface area (Å²) < 4.78 is 5.42. The Morgan fingerprint density at radius 3 is 3.10 bits per heavy atom. The van der Waals surface area contributed by atoms with E-state index in [-0.39, 0.29) is 18.4 Å². The molecule has 1 aliphatic heterocycles. The third-order valence-electron chi connectivity index (χ3n) is 2.71. The zero-order chi connectivity index (χ0) is 14.5. The first-order valence-electron chi connectivity index (χ1n) is 6.16. The summed E-state index contributed by atoms with van der Waals surface area (Å²) in [5.74, 6) is 2.54. The standard InChI is InChI=1S/C14H15N3O3/c1-3-6-15-8-13(18)16-10-4-5-12-11(7-10)17-14(19)9(2)20-12/h1,4-5,7,9,15H,6,8H2,2H3,(H,16,18)(H,17,19).